The summed E-state index contributed by atoms with van der Waals surface area (Å²) in [5.41, 5.74) is -0.645. The summed E-state index contributed by atoms with van der Waals surface area (Å²) in [5.74, 6) is -2.12. The van der Waals surface area contributed by atoms with Crippen LogP contribution in [0.15, 0.2) is 24.4 Å². The van der Waals surface area contributed by atoms with E-state index in [2.05, 4.69) is 60.8 Å². The van der Waals surface area contributed by atoms with Crippen molar-refractivity contribution in [2.75, 3.05) is 32.5 Å². The van der Waals surface area contributed by atoms with Crippen LogP contribution in [0, 0.1) is 17.6 Å². The number of amides is 1. The lowest BCUT2D eigenvalue weighted by Crippen LogP contribution is -2.16. The molecule has 0 aliphatic carbocycles. The van der Waals surface area contributed by atoms with Crippen LogP contribution in [0.5, 0.6) is 0 Å². The highest BCUT2D eigenvalue weighted by Crippen LogP contribution is 2.16. The summed E-state index contributed by atoms with van der Waals surface area (Å²) in [6.45, 7) is 12.9. The Morgan fingerprint density at radius 2 is 1.60 bits per heavy atom. The van der Waals surface area contributed by atoms with Gasteiger partial charge in [0.25, 0.3) is 5.91 Å². The lowest BCUT2D eigenvalue weighted by molar-refractivity contribution is 0.101. The minimum Gasteiger partial charge on any atom is -0.323 e. The summed E-state index contributed by atoms with van der Waals surface area (Å²) in [5, 5.41) is 13.9. The molecule has 0 saturated heterocycles. The Labute approximate surface area is 178 Å². The van der Waals surface area contributed by atoms with Crippen molar-refractivity contribution in [1.29, 1.82) is 0 Å². The number of rotatable bonds is 5. The van der Waals surface area contributed by atoms with E-state index >= 15 is 0 Å². The van der Waals surface area contributed by atoms with E-state index in [4.69, 9.17) is 0 Å². The molecular weight excluding hydrogens is 392 g/mol. The van der Waals surface area contributed by atoms with Crippen LogP contribution in [-0.2, 0) is 0 Å². The lowest BCUT2D eigenvalue weighted by atomic mass is 10.2. The van der Waals surface area contributed by atoms with Crippen molar-refractivity contribution < 1.29 is 18.4 Å². The van der Waals surface area contributed by atoms with E-state index in [0.717, 1.165) is 37.2 Å². The molecule has 0 fully saturated rings. The highest BCUT2D eigenvalue weighted by atomic mass is 19.1. The fraction of sp³-hybridized carbons (Fsp3) is 0.476. The second-order valence-corrected chi connectivity index (χ2v) is 6.56. The van der Waals surface area contributed by atoms with Crippen molar-refractivity contribution in [2.24, 2.45) is 5.92 Å². The molecule has 1 amide bonds. The normalized spacial score (nSPS) is 9.27. The zero-order valence-corrected chi connectivity index (χ0v) is 18.9. The first-order chi connectivity index (χ1) is 14.2. The molecule has 0 aliphatic rings. The van der Waals surface area contributed by atoms with Crippen LogP contribution in [0.25, 0.3) is 0 Å². The molecule has 0 spiro atoms. The second-order valence-electron chi connectivity index (χ2n) is 6.56. The molecule has 0 aliphatic heterocycles. The molecule has 0 bridgehead atoms. The first kappa shape index (κ1) is 29.6. The van der Waals surface area contributed by atoms with Crippen molar-refractivity contribution in [3.05, 3.63) is 47.3 Å². The van der Waals surface area contributed by atoms with E-state index in [9.17, 15) is 18.4 Å². The summed E-state index contributed by atoms with van der Waals surface area (Å²) in [6, 6.07) is 3.08. The molecule has 0 unspecified atom stereocenters. The van der Waals surface area contributed by atoms with Gasteiger partial charge in [0.05, 0.1) is 11.9 Å². The van der Waals surface area contributed by atoms with Gasteiger partial charge in [0.15, 0.2) is 6.29 Å². The van der Waals surface area contributed by atoms with Gasteiger partial charge in [0.2, 0.25) is 0 Å². The van der Waals surface area contributed by atoms with Crippen molar-refractivity contribution in [2.45, 2.75) is 34.6 Å². The third-order valence-corrected chi connectivity index (χ3v) is 2.72. The van der Waals surface area contributed by atoms with Crippen LogP contribution >= 0.6 is 0 Å². The molecule has 2 rings (SSSR count). The molecule has 0 saturated carbocycles. The van der Waals surface area contributed by atoms with Crippen LogP contribution < -0.4 is 16.0 Å². The van der Waals surface area contributed by atoms with Crippen molar-refractivity contribution >= 4 is 17.9 Å². The minimum atomic E-state index is -0.991. The third-order valence-electron chi connectivity index (χ3n) is 2.72. The Bertz CT molecular complexity index is 696. The minimum absolute atomic E-state index is 0.0140. The number of nitrogens with zero attached hydrogens (tertiary/aromatic N) is 1. The predicted molar refractivity (Wildman–Crippen MR) is 118 cm³/mol. The Kier molecular flexibility index (Phi) is 18.1. The molecular formula is C21H35F2N5O2. The van der Waals surface area contributed by atoms with Crippen molar-refractivity contribution in [1.82, 2.24) is 20.8 Å². The highest BCUT2D eigenvalue weighted by molar-refractivity contribution is 6.06. The highest BCUT2D eigenvalue weighted by Gasteiger charge is 2.18. The standard InChI is InChI=1S/C11H7F2N3O2.C4H11N.C4H10.C2H7N/c12-6-2-1-3-7(13)10(6)11(18)15-8-4-14-16-9(8)5-17;1-3-5-4-2;1-4(2)3;1-3-2/h1-5H,(H,14,16)(H,15,18);5H,3-4H2,1-2H3;4H,1-3H3;3H,1-2H3. The van der Waals surface area contributed by atoms with Gasteiger partial charge in [-0.1, -0.05) is 40.7 Å². The molecule has 7 nitrogen and oxygen atoms in total. The number of aromatic nitrogens is 2. The predicted octanol–water partition coefficient (Wildman–Crippen LogP) is 3.87. The van der Waals surface area contributed by atoms with Gasteiger partial charge in [-0.25, -0.2) is 8.78 Å². The summed E-state index contributed by atoms with van der Waals surface area (Å²) in [4.78, 5) is 22.2. The summed E-state index contributed by atoms with van der Waals surface area (Å²) >= 11 is 0. The Balaban J connectivity index is 0. The zero-order chi connectivity index (χ0) is 23.5. The number of benzene rings is 1. The zero-order valence-electron chi connectivity index (χ0n) is 18.9. The van der Waals surface area contributed by atoms with E-state index in [-0.39, 0.29) is 11.4 Å². The van der Waals surface area contributed by atoms with Crippen LogP contribution in [0.2, 0.25) is 0 Å². The molecule has 170 valence electrons. The van der Waals surface area contributed by atoms with Gasteiger partial charge < -0.3 is 16.0 Å². The van der Waals surface area contributed by atoms with Gasteiger partial charge in [0, 0.05) is 0 Å². The fourth-order valence-corrected chi connectivity index (χ4v) is 1.64. The molecule has 1 aromatic heterocycles. The van der Waals surface area contributed by atoms with Crippen LogP contribution in [0.3, 0.4) is 0 Å². The number of H-pyrrole nitrogens is 1. The summed E-state index contributed by atoms with van der Waals surface area (Å²) in [6.07, 6.45) is 1.60. The van der Waals surface area contributed by atoms with Crippen molar-refractivity contribution in [3.8, 4) is 0 Å². The average Bonchev–Trinajstić information content (AvgIpc) is 3.10. The molecule has 30 heavy (non-hydrogen) atoms. The number of aromatic amines is 1. The van der Waals surface area contributed by atoms with Gasteiger partial charge in [0.1, 0.15) is 22.9 Å². The number of carbonyl (C=O) groups excluding carboxylic acids is 2. The van der Waals surface area contributed by atoms with E-state index < -0.39 is 23.1 Å². The van der Waals surface area contributed by atoms with Crippen LogP contribution in [0.1, 0.15) is 55.5 Å². The molecule has 2 aromatic rings. The smallest absolute Gasteiger partial charge is 0.261 e. The molecule has 9 heteroatoms. The SMILES string of the molecule is CC(C)C.CCNCC.CNC.O=Cc1[nH]ncc1NC(=O)c1c(F)cccc1F. The van der Waals surface area contributed by atoms with Gasteiger partial charge in [-0.2, -0.15) is 5.10 Å². The number of nitrogens with one attached hydrogen (secondary N) is 4. The van der Waals surface area contributed by atoms with Gasteiger partial charge in [-0.05, 0) is 45.2 Å². The number of hydrogen-bond donors (Lipinski definition) is 4. The molecule has 4 N–H and O–H groups in total. The average molecular weight is 428 g/mol. The van der Waals surface area contributed by atoms with E-state index in [0.29, 0.717) is 6.29 Å². The monoisotopic (exact) mass is 427 g/mol. The second kappa shape index (κ2) is 18.4. The Morgan fingerprint density at radius 3 is 1.97 bits per heavy atom. The first-order valence-corrected chi connectivity index (χ1v) is 9.72. The number of aldehydes is 1. The van der Waals surface area contributed by atoms with Crippen molar-refractivity contribution in [3.63, 3.8) is 0 Å². The molecule has 1 aromatic carbocycles. The summed E-state index contributed by atoms with van der Waals surface area (Å²) < 4.78 is 26.6. The van der Waals surface area contributed by atoms with Crippen LogP contribution in [0.4, 0.5) is 14.5 Å². The quantitative estimate of drug-likeness (QED) is 0.543. The summed E-state index contributed by atoms with van der Waals surface area (Å²) in [7, 11) is 3.75. The molecule has 0 radical (unpaired) electrons. The topological polar surface area (TPSA) is 98.9 Å². The molecule has 0 atom stereocenters. The largest absolute Gasteiger partial charge is 0.323 e. The lowest BCUT2D eigenvalue weighted by Gasteiger charge is -2.05. The maximum Gasteiger partial charge on any atom is 0.261 e. The van der Waals surface area contributed by atoms with Crippen LogP contribution in [-0.4, -0.2) is 49.6 Å². The number of hydrogen-bond acceptors (Lipinski definition) is 5. The number of halogens is 2. The van der Waals surface area contributed by atoms with Gasteiger partial charge >= 0.3 is 0 Å². The van der Waals surface area contributed by atoms with E-state index in [1.165, 1.54) is 6.20 Å². The van der Waals surface area contributed by atoms with E-state index in [1.54, 1.807) is 0 Å². The maximum absolute atomic E-state index is 13.3. The maximum atomic E-state index is 13.3. The van der Waals surface area contributed by atoms with E-state index in [1.807, 2.05) is 14.1 Å². The first-order valence-electron chi connectivity index (χ1n) is 9.72. The van der Waals surface area contributed by atoms with Gasteiger partial charge in [-0.15, -0.1) is 0 Å². The Hall–Kier alpha value is -2.65. The Morgan fingerprint density at radius 1 is 1.13 bits per heavy atom. The fourth-order valence-electron chi connectivity index (χ4n) is 1.64. The van der Waals surface area contributed by atoms with Gasteiger partial charge in [-0.3, -0.25) is 14.7 Å². The number of carbonyl (C=O) groups is 2. The third kappa shape index (κ3) is 13.5. The molecule has 1 heterocycles. The number of anilines is 1.